The van der Waals surface area contributed by atoms with Gasteiger partial charge in [-0.05, 0) is 30.5 Å². The van der Waals surface area contributed by atoms with Gasteiger partial charge in [0.1, 0.15) is 0 Å². The molecule has 1 aromatic rings. The van der Waals surface area contributed by atoms with E-state index in [2.05, 4.69) is 5.32 Å². The summed E-state index contributed by atoms with van der Waals surface area (Å²) >= 11 is 0. The normalized spacial score (nSPS) is 20.1. The number of ether oxygens (including phenoxy) is 3. The fraction of sp³-hybridized carbons (Fsp3) is 0.600. The molecule has 0 aromatic heterocycles. The van der Waals surface area contributed by atoms with E-state index in [0.29, 0.717) is 35.7 Å². The van der Waals surface area contributed by atoms with Crippen molar-refractivity contribution in [1.29, 1.82) is 0 Å². The Balaban J connectivity index is 2.12. The molecule has 2 rings (SSSR count). The quantitative estimate of drug-likeness (QED) is 0.757. The molecule has 7 heteroatoms. The molecule has 1 aromatic carbocycles. The molecule has 0 aliphatic heterocycles. The summed E-state index contributed by atoms with van der Waals surface area (Å²) in [6.45, 7) is 0. The third kappa shape index (κ3) is 5.52. The minimum Gasteiger partial charge on any atom is -0.493 e. The number of hydrogen-bond acceptors (Lipinski definition) is 5. The lowest BCUT2D eigenvalue weighted by atomic mass is 9.86. The number of hydrogen-bond donors (Lipinski definition) is 2. The highest BCUT2D eigenvalue weighted by atomic mass is 16.5. The van der Waals surface area contributed by atoms with Gasteiger partial charge in [-0.2, -0.15) is 0 Å². The summed E-state index contributed by atoms with van der Waals surface area (Å²) in [5.74, 6) is -0.150. The van der Waals surface area contributed by atoms with Crippen LogP contribution in [0.15, 0.2) is 12.1 Å². The summed E-state index contributed by atoms with van der Waals surface area (Å²) in [5.41, 5.74) is 0.708. The molecule has 1 aliphatic rings. The van der Waals surface area contributed by atoms with Gasteiger partial charge in [-0.3, -0.25) is 9.59 Å². The molecule has 1 fully saturated rings. The third-order valence-corrected chi connectivity index (χ3v) is 5.02. The molecule has 0 radical (unpaired) electrons. The molecule has 27 heavy (non-hydrogen) atoms. The molecule has 1 amide bonds. The molecule has 2 atom stereocenters. The summed E-state index contributed by atoms with van der Waals surface area (Å²) in [4.78, 5) is 24.2. The van der Waals surface area contributed by atoms with Crippen molar-refractivity contribution in [3.8, 4) is 17.2 Å². The summed E-state index contributed by atoms with van der Waals surface area (Å²) in [6, 6.07) is 3.12. The number of aliphatic carboxylic acids is 1. The zero-order chi connectivity index (χ0) is 19.8. The number of rotatable bonds is 7. The Morgan fingerprint density at radius 2 is 1.59 bits per heavy atom. The first-order chi connectivity index (χ1) is 13.0. The predicted molar refractivity (Wildman–Crippen MR) is 101 cm³/mol. The maximum atomic E-state index is 12.6. The maximum Gasteiger partial charge on any atom is 0.308 e. The molecule has 1 aliphatic carbocycles. The number of carbonyl (C=O) groups is 2. The van der Waals surface area contributed by atoms with Gasteiger partial charge in [0, 0.05) is 6.04 Å². The van der Waals surface area contributed by atoms with Crippen molar-refractivity contribution in [2.24, 2.45) is 5.92 Å². The van der Waals surface area contributed by atoms with E-state index in [1.165, 1.54) is 21.3 Å². The molecular formula is C20H29NO6. The SMILES string of the molecule is COc1cc(CC(=O)NC2CCCCCCC2C(=O)O)cc(OC)c1OC. The van der Waals surface area contributed by atoms with Crippen molar-refractivity contribution in [2.75, 3.05) is 21.3 Å². The molecule has 0 bridgehead atoms. The van der Waals surface area contributed by atoms with Crippen molar-refractivity contribution in [3.63, 3.8) is 0 Å². The first kappa shape index (κ1) is 20.9. The van der Waals surface area contributed by atoms with Gasteiger partial charge in [-0.15, -0.1) is 0 Å². The average Bonchev–Trinajstić information content (AvgIpc) is 2.62. The van der Waals surface area contributed by atoms with Crippen LogP contribution in [0, 0.1) is 5.92 Å². The van der Waals surface area contributed by atoms with Gasteiger partial charge >= 0.3 is 5.97 Å². The molecule has 0 spiro atoms. The highest BCUT2D eigenvalue weighted by Crippen LogP contribution is 2.38. The molecule has 0 heterocycles. The monoisotopic (exact) mass is 379 g/mol. The summed E-state index contributed by atoms with van der Waals surface area (Å²) < 4.78 is 15.9. The van der Waals surface area contributed by atoms with Crippen molar-refractivity contribution >= 4 is 11.9 Å². The lowest BCUT2D eigenvalue weighted by molar-refractivity contribution is -0.143. The van der Waals surface area contributed by atoms with Crippen LogP contribution in [0.25, 0.3) is 0 Å². The second-order valence-corrected chi connectivity index (χ2v) is 6.82. The van der Waals surface area contributed by atoms with Crippen molar-refractivity contribution in [1.82, 2.24) is 5.32 Å². The molecule has 7 nitrogen and oxygen atoms in total. The summed E-state index contributed by atoms with van der Waals surface area (Å²) in [5, 5.41) is 12.5. The first-order valence-electron chi connectivity index (χ1n) is 9.31. The van der Waals surface area contributed by atoms with E-state index >= 15 is 0 Å². The smallest absolute Gasteiger partial charge is 0.308 e. The van der Waals surface area contributed by atoms with Gasteiger partial charge in [0.05, 0.1) is 33.7 Å². The van der Waals surface area contributed by atoms with Crippen molar-refractivity contribution < 1.29 is 28.9 Å². The van der Waals surface area contributed by atoms with Crippen LogP contribution in [0.4, 0.5) is 0 Å². The number of carbonyl (C=O) groups excluding carboxylic acids is 1. The van der Waals surface area contributed by atoms with E-state index in [-0.39, 0.29) is 18.4 Å². The number of carboxylic acids is 1. The van der Waals surface area contributed by atoms with E-state index in [0.717, 1.165) is 25.7 Å². The van der Waals surface area contributed by atoms with E-state index < -0.39 is 11.9 Å². The van der Waals surface area contributed by atoms with Crippen LogP contribution >= 0.6 is 0 Å². The Labute approximate surface area is 160 Å². The van der Waals surface area contributed by atoms with Crippen LogP contribution in [0.1, 0.15) is 44.1 Å². The maximum absolute atomic E-state index is 12.6. The molecule has 150 valence electrons. The van der Waals surface area contributed by atoms with Gasteiger partial charge in [-0.1, -0.05) is 25.7 Å². The van der Waals surface area contributed by atoms with Gasteiger partial charge < -0.3 is 24.6 Å². The Bertz CT molecular complexity index is 635. The molecule has 2 unspecified atom stereocenters. The number of methoxy groups -OCH3 is 3. The second kappa shape index (κ2) is 10.0. The van der Waals surface area contributed by atoms with Crippen LogP contribution in [0.3, 0.4) is 0 Å². The van der Waals surface area contributed by atoms with Gasteiger partial charge in [0.2, 0.25) is 11.7 Å². The zero-order valence-corrected chi connectivity index (χ0v) is 16.2. The van der Waals surface area contributed by atoms with Crippen LogP contribution < -0.4 is 19.5 Å². The highest BCUT2D eigenvalue weighted by molar-refractivity contribution is 5.80. The lowest BCUT2D eigenvalue weighted by Crippen LogP contribution is -2.44. The Hall–Kier alpha value is -2.44. The Kier molecular flexibility index (Phi) is 7.76. The van der Waals surface area contributed by atoms with Gasteiger partial charge in [-0.25, -0.2) is 0 Å². The van der Waals surface area contributed by atoms with E-state index in [9.17, 15) is 14.7 Å². The van der Waals surface area contributed by atoms with Crippen LogP contribution in [-0.2, 0) is 16.0 Å². The lowest BCUT2D eigenvalue weighted by Gasteiger charge is -2.27. The van der Waals surface area contributed by atoms with Crippen molar-refractivity contribution in [2.45, 2.75) is 51.0 Å². The minimum atomic E-state index is -0.838. The standard InChI is InChI=1S/C20H29NO6/c1-25-16-10-13(11-17(26-2)19(16)27-3)12-18(22)21-15-9-7-5-4-6-8-14(15)20(23)24/h10-11,14-15H,4-9,12H2,1-3H3,(H,21,22)(H,23,24). The molecule has 0 saturated heterocycles. The Morgan fingerprint density at radius 1 is 1.00 bits per heavy atom. The zero-order valence-electron chi connectivity index (χ0n) is 16.2. The number of benzene rings is 1. The number of nitrogens with one attached hydrogen (secondary N) is 1. The Morgan fingerprint density at radius 3 is 2.11 bits per heavy atom. The number of carboxylic acid groups (broad SMARTS) is 1. The molecular weight excluding hydrogens is 350 g/mol. The first-order valence-corrected chi connectivity index (χ1v) is 9.31. The average molecular weight is 379 g/mol. The van der Waals surface area contributed by atoms with Crippen LogP contribution in [0.5, 0.6) is 17.2 Å². The third-order valence-electron chi connectivity index (χ3n) is 5.02. The van der Waals surface area contributed by atoms with Crippen molar-refractivity contribution in [3.05, 3.63) is 17.7 Å². The molecule has 1 saturated carbocycles. The summed E-state index contributed by atoms with van der Waals surface area (Å²) in [6.07, 6.45) is 5.35. The van der Waals surface area contributed by atoms with Crippen LogP contribution in [0.2, 0.25) is 0 Å². The van der Waals surface area contributed by atoms with E-state index in [1.807, 2.05) is 0 Å². The number of amides is 1. The van der Waals surface area contributed by atoms with Gasteiger partial charge in [0.25, 0.3) is 0 Å². The van der Waals surface area contributed by atoms with E-state index in [1.54, 1.807) is 12.1 Å². The fourth-order valence-electron chi connectivity index (χ4n) is 3.63. The topological polar surface area (TPSA) is 94.1 Å². The molecule has 2 N–H and O–H groups in total. The highest BCUT2D eigenvalue weighted by Gasteiger charge is 2.30. The fourth-order valence-corrected chi connectivity index (χ4v) is 3.63. The second-order valence-electron chi connectivity index (χ2n) is 6.82. The summed E-state index contributed by atoms with van der Waals surface area (Å²) in [7, 11) is 4.56. The van der Waals surface area contributed by atoms with E-state index in [4.69, 9.17) is 14.2 Å². The van der Waals surface area contributed by atoms with Gasteiger partial charge in [0.15, 0.2) is 11.5 Å². The minimum absolute atomic E-state index is 0.111. The predicted octanol–water partition coefficient (Wildman–Crippen LogP) is 2.79. The van der Waals surface area contributed by atoms with Crippen LogP contribution in [-0.4, -0.2) is 44.4 Å². The largest absolute Gasteiger partial charge is 0.493 e.